The lowest BCUT2D eigenvalue weighted by molar-refractivity contribution is -0.120. The van der Waals surface area contributed by atoms with Crippen molar-refractivity contribution in [3.05, 3.63) is 75.9 Å². The molecular formula is C28H30BrN5O2. The van der Waals surface area contributed by atoms with E-state index in [2.05, 4.69) is 60.1 Å². The molecule has 0 saturated carbocycles. The topological polar surface area (TPSA) is 79.6 Å². The van der Waals surface area contributed by atoms with Crippen molar-refractivity contribution in [2.24, 2.45) is 10.9 Å². The van der Waals surface area contributed by atoms with Gasteiger partial charge in [-0.2, -0.15) is 5.10 Å². The predicted molar refractivity (Wildman–Crippen MR) is 145 cm³/mol. The lowest BCUT2D eigenvalue weighted by Gasteiger charge is -2.32. The lowest BCUT2D eigenvalue weighted by atomic mass is 9.95. The summed E-state index contributed by atoms with van der Waals surface area (Å²) in [5, 5.41) is 8.48. The summed E-state index contributed by atoms with van der Waals surface area (Å²) in [6.45, 7) is 6.91. The zero-order chi connectivity index (χ0) is 25.2. The second-order valence-corrected chi connectivity index (χ2v) is 10.6. The molecular weight excluding hydrogens is 518 g/mol. The standard InChI is InChI=1S/C28H30BrN5O2/c1-18-12-19(2)32-28(36)24(18)15-30-27(35)23-13-21(29)14-26-25(23)16-31-34(26)22-8-10-33(11-9-22)17-20-6-4-3-5-7-20/h3-7,12-14,16,22,24H,8-11,15,17H2,1-2H3,(H,30,35). The van der Waals surface area contributed by atoms with E-state index in [-0.39, 0.29) is 24.4 Å². The van der Waals surface area contributed by atoms with Gasteiger partial charge in [0.25, 0.3) is 11.8 Å². The van der Waals surface area contributed by atoms with Crippen LogP contribution < -0.4 is 5.32 Å². The van der Waals surface area contributed by atoms with Gasteiger partial charge >= 0.3 is 0 Å². The molecule has 2 aliphatic heterocycles. The van der Waals surface area contributed by atoms with Gasteiger partial charge < -0.3 is 5.32 Å². The van der Waals surface area contributed by atoms with Crippen molar-refractivity contribution >= 4 is 44.4 Å². The summed E-state index contributed by atoms with van der Waals surface area (Å²) in [6.07, 6.45) is 5.70. The number of benzene rings is 2. The van der Waals surface area contributed by atoms with E-state index in [1.165, 1.54) is 5.56 Å². The van der Waals surface area contributed by atoms with Gasteiger partial charge in [-0.3, -0.25) is 19.2 Å². The number of carbonyl (C=O) groups is 2. The number of allylic oxidation sites excluding steroid dienone is 1. The summed E-state index contributed by atoms with van der Waals surface area (Å²) in [4.78, 5) is 32.0. The first-order valence-corrected chi connectivity index (χ1v) is 13.2. The Bertz CT molecular complexity index is 1350. The highest BCUT2D eigenvalue weighted by molar-refractivity contribution is 9.10. The fraction of sp³-hybridized carbons (Fsp3) is 0.357. The van der Waals surface area contributed by atoms with Crippen LogP contribution >= 0.6 is 15.9 Å². The number of piperidine rings is 1. The van der Waals surface area contributed by atoms with Gasteiger partial charge in [0, 0.05) is 41.7 Å². The number of hydrogen-bond donors (Lipinski definition) is 1. The molecule has 0 bridgehead atoms. The maximum absolute atomic E-state index is 13.2. The molecule has 8 heteroatoms. The molecule has 2 aliphatic rings. The number of aliphatic imine (C=N–C) groups is 1. The van der Waals surface area contributed by atoms with E-state index < -0.39 is 5.92 Å². The molecule has 1 atom stereocenters. The molecule has 36 heavy (non-hydrogen) atoms. The number of likely N-dealkylation sites (tertiary alicyclic amines) is 1. The number of nitrogens with one attached hydrogen (secondary N) is 1. The highest BCUT2D eigenvalue weighted by atomic mass is 79.9. The Hall–Kier alpha value is -3.10. The molecule has 1 aromatic heterocycles. The van der Waals surface area contributed by atoms with Crippen LogP contribution in [0.1, 0.15) is 48.7 Å². The summed E-state index contributed by atoms with van der Waals surface area (Å²) in [6, 6.07) is 14.7. The number of dihydropyridines is 1. The van der Waals surface area contributed by atoms with Crippen LogP contribution in [0.3, 0.4) is 0 Å². The van der Waals surface area contributed by atoms with Crippen LogP contribution in [0.2, 0.25) is 0 Å². The van der Waals surface area contributed by atoms with Crippen LogP contribution in [0, 0.1) is 5.92 Å². The Labute approximate surface area is 219 Å². The summed E-state index contributed by atoms with van der Waals surface area (Å²) >= 11 is 3.58. The van der Waals surface area contributed by atoms with E-state index in [0.717, 1.165) is 53.4 Å². The van der Waals surface area contributed by atoms with Crippen molar-refractivity contribution in [3.63, 3.8) is 0 Å². The number of rotatable bonds is 6. The van der Waals surface area contributed by atoms with Crippen molar-refractivity contribution in [2.45, 2.75) is 39.3 Å². The van der Waals surface area contributed by atoms with Gasteiger partial charge in [0.05, 0.1) is 29.2 Å². The van der Waals surface area contributed by atoms with Crippen molar-refractivity contribution in [1.82, 2.24) is 20.0 Å². The van der Waals surface area contributed by atoms with Crippen molar-refractivity contribution in [1.29, 1.82) is 0 Å². The van der Waals surface area contributed by atoms with Crippen LogP contribution in [-0.2, 0) is 11.3 Å². The molecule has 1 unspecified atom stereocenters. The third-order valence-electron chi connectivity index (χ3n) is 7.12. The molecule has 5 rings (SSSR count). The number of fused-ring (bicyclic) bond motifs is 1. The van der Waals surface area contributed by atoms with E-state index in [1.54, 1.807) is 13.1 Å². The van der Waals surface area contributed by atoms with Crippen LogP contribution in [0.5, 0.6) is 0 Å². The Balaban J connectivity index is 1.29. The van der Waals surface area contributed by atoms with E-state index in [0.29, 0.717) is 11.3 Å². The average Bonchev–Trinajstić information content (AvgIpc) is 3.27. The van der Waals surface area contributed by atoms with Crippen LogP contribution in [0.4, 0.5) is 0 Å². The molecule has 0 spiro atoms. The maximum atomic E-state index is 13.2. The van der Waals surface area contributed by atoms with Gasteiger partial charge in [0.2, 0.25) is 0 Å². The molecule has 2 amide bonds. The van der Waals surface area contributed by atoms with Crippen molar-refractivity contribution < 1.29 is 9.59 Å². The molecule has 3 heterocycles. The van der Waals surface area contributed by atoms with Gasteiger partial charge in [0.15, 0.2) is 0 Å². The molecule has 7 nitrogen and oxygen atoms in total. The Morgan fingerprint density at radius 3 is 2.61 bits per heavy atom. The number of amides is 2. The third-order valence-corrected chi connectivity index (χ3v) is 7.57. The minimum absolute atomic E-state index is 0.210. The second-order valence-electron chi connectivity index (χ2n) is 9.71. The Morgan fingerprint density at radius 1 is 1.14 bits per heavy atom. The lowest BCUT2D eigenvalue weighted by Crippen LogP contribution is -2.35. The Kier molecular flexibility index (Phi) is 7.16. The van der Waals surface area contributed by atoms with Crippen LogP contribution in [0.15, 0.2) is 69.8 Å². The second kappa shape index (κ2) is 10.5. The fourth-order valence-corrected chi connectivity index (χ4v) is 5.65. The van der Waals surface area contributed by atoms with E-state index in [1.807, 2.05) is 31.2 Å². The molecule has 1 N–H and O–H groups in total. The zero-order valence-corrected chi connectivity index (χ0v) is 22.2. The molecule has 186 valence electrons. The highest BCUT2D eigenvalue weighted by Crippen LogP contribution is 2.31. The first-order chi connectivity index (χ1) is 17.4. The van der Waals surface area contributed by atoms with Gasteiger partial charge in [0.1, 0.15) is 0 Å². The summed E-state index contributed by atoms with van der Waals surface area (Å²) in [5.74, 6) is -0.854. The van der Waals surface area contributed by atoms with E-state index in [9.17, 15) is 9.59 Å². The molecule has 2 aromatic carbocycles. The number of halogens is 1. The number of hydrogen-bond acceptors (Lipinski definition) is 4. The SMILES string of the molecule is CC1=CC(C)=NC(=O)C1CNC(=O)c1cc(Br)cc2c1cnn2C1CCN(Cc2ccccc2)CC1. The van der Waals surface area contributed by atoms with Gasteiger partial charge in [-0.1, -0.05) is 51.8 Å². The predicted octanol–water partition coefficient (Wildman–Crippen LogP) is 4.93. The third kappa shape index (κ3) is 5.20. The monoisotopic (exact) mass is 547 g/mol. The largest absolute Gasteiger partial charge is 0.351 e. The molecule has 0 radical (unpaired) electrons. The number of carbonyl (C=O) groups excluding carboxylic acids is 2. The normalized spacial score (nSPS) is 19.3. The molecule has 1 fully saturated rings. The van der Waals surface area contributed by atoms with Crippen LogP contribution in [0.25, 0.3) is 10.9 Å². The quantitative estimate of drug-likeness (QED) is 0.474. The zero-order valence-electron chi connectivity index (χ0n) is 20.6. The summed E-state index contributed by atoms with van der Waals surface area (Å²) in [5.41, 5.74) is 4.45. The van der Waals surface area contributed by atoms with Gasteiger partial charge in [-0.15, -0.1) is 0 Å². The molecule has 3 aromatic rings. The highest BCUT2D eigenvalue weighted by Gasteiger charge is 2.26. The summed E-state index contributed by atoms with van der Waals surface area (Å²) in [7, 11) is 0. The van der Waals surface area contributed by atoms with Crippen molar-refractivity contribution in [3.8, 4) is 0 Å². The smallest absolute Gasteiger partial charge is 0.254 e. The molecule has 1 saturated heterocycles. The molecule has 0 aliphatic carbocycles. The van der Waals surface area contributed by atoms with Crippen molar-refractivity contribution in [2.75, 3.05) is 19.6 Å². The van der Waals surface area contributed by atoms with Crippen LogP contribution in [-0.4, -0.2) is 51.8 Å². The number of aromatic nitrogens is 2. The van der Waals surface area contributed by atoms with E-state index in [4.69, 9.17) is 5.10 Å². The minimum atomic E-state index is -0.427. The fourth-order valence-electron chi connectivity index (χ4n) is 5.20. The summed E-state index contributed by atoms with van der Waals surface area (Å²) < 4.78 is 2.90. The minimum Gasteiger partial charge on any atom is -0.351 e. The van der Waals surface area contributed by atoms with E-state index >= 15 is 0 Å². The first kappa shape index (κ1) is 24.6. The van der Waals surface area contributed by atoms with Gasteiger partial charge in [-0.05, 0) is 50.5 Å². The maximum Gasteiger partial charge on any atom is 0.254 e. The Morgan fingerprint density at radius 2 is 1.89 bits per heavy atom. The first-order valence-electron chi connectivity index (χ1n) is 12.4. The number of nitrogens with zero attached hydrogens (tertiary/aromatic N) is 4. The average molecular weight is 548 g/mol. The van der Waals surface area contributed by atoms with Gasteiger partial charge in [-0.25, -0.2) is 4.99 Å².